The highest BCUT2D eigenvalue weighted by Crippen LogP contribution is 2.20. The molecule has 1 aromatic rings. The Morgan fingerprint density at radius 3 is 2.91 bits per heavy atom. The van der Waals surface area contributed by atoms with E-state index < -0.39 is 0 Å². The Bertz CT molecular complexity index is 234. The molecule has 2 rings (SSSR count). The second-order valence-corrected chi connectivity index (χ2v) is 2.10. The molecule has 0 aliphatic carbocycles. The topological polar surface area (TPSA) is 55.9 Å². The Morgan fingerprint density at radius 1 is 1.55 bits per heavy atom. The molecule has 64 valence electrons. The fraction of sp³-hybridized carbons (Fsp3) is 0.400. The smallest absolute Gasteiger partial charge is 0.147 e. The molecule has 2 heterocycles. The SMILES string of the molecule is Cl.Cl.Nc1cnn2c1NCC2. The number of fused-ring (bicyclic) bond motifs is 1. The van der Waals surface area contributed by atoms with E-state index >= 15 is 0 Å². The Balaban J connectivity index is 0.000000500. The number of halogens is 2. The van der Waals surface area contributed by atoms with Gasteiger partial charge in [0.2, 0.25) is 0 Å². The normalized spacial score (nSPS) is 12.4. The Morgan fingerprint density at radius 2 is 2.27 bits per heavy atom. The summed E-state index contributed by atoms with van der Waals surface area (Å²) >= 11 is 0. The molecule has 0 atom stereocenters. The fourth-order valence-corrected chi connectivity index (χ4v) is 1.04. The van der Waals surface area contributed by atoms with Crippen molar-refractivity contribution in [2.24, 2.45) is 0 Å². The molecule has 3 N–H and O–H groups in total. The van der Waals surface area contributed by atoms with Crippen molar-refractivity contribution in [1.29, 1.82) is 0 Å². The van der Waals surface area contributed by atoms with E-state index in [-0.39, 0.29) is 24.8 Å². The summed E-state index contributed by atoms with van der Waals surface area (Å²) in [5.41, 5.74) is 6.29. The van der Waals surface area contributed by atoms with Crippen LogP contribution >= 0.6 is 24.8 Å². The Hall–Kier alpha value is -0.610. The molecule has 0 radical (unpaired) electrons. The van der Waals surface area contributed by atoms with E-state index in [4.69, 9.17) is 5.73 Å². The summed E-state index contributed by atoms with van der Waals surface area (Å²) in [7, 11) is 0. The zero-order valence-electron chi connectivity index (χ0n) is 5.78. The Kier molecular flexibility index (Phi) is 3.48. The molecule has 0 bridgehead atoms. The van der Waals surface area contributed by atoms with Gasteiger partial charge in [-0.3, -0.25) is 0 Å². The number of nitrogen functional groups attached to an aromatic ring is 1. The van der Waals surface area contributed by atoms with E-state index in [0.29, 0.717) is 0 Å². The monoisotopic (exact) mass is 196 g/mol. The summed E-state index contributed by atoms with van der Waals surface area (Å²) in [5.74, 6) is 0.968. The minimum atomic E-state index is 0. The molecule has 0 unspecified atom stereocenters. The minimum absolute atomic E-state index is 0. The highest BCUT2D eigenvalue weighted by Gasteiger charge is 2.11. The van der Waals surface area contributed by atoms with Crippen LogP contribution in [0.1, 0.15) is 0 Å². The minimum Gasteiger partial charge on any atom is -0.394 e. The zero-order chi connectivity index (χ0) is 6.27. The molecule has 1 aromatic heterocycles. The number of nitrogens with one attached hydrogen (secondary N) is 1. The number of anilines is 2. The number of aromatic nitrogens is 2. The van der Waals surface area contributed by atoms with Crippen molar-refractivity contribution in [3.05, 3.63) is 6.20 Å². The lowest BCUT2D eigenvalue weighted by atomic mass is 10.5. The van der Waals surface area contributed by atoms with Gasteiger partial charge in [-0.25, -0.2) is 4.68 Å². The molecule has 0 spiro atoms. The standard InChI is InChI=1S/C5H8N4.2ClH/c6-4-3-8-9-2-1-7-5(4)9;;/h3,7H,1-2,6H2;2*1H. The van der Waals surface area contributed by atoms with Crippen LogP contribution in [-0.4, -0.2) is 16.3 Å². The van der Waals surface area contributed by atoms with Gasteiger partial charge in [-0.05, 0) is 0 Å². The molecule has 1 aliphatic heterocycles. The molecule has 0 aromatic carbocycles. The molecule has 0 fully saturated rings. The maximum absolute atomic E-state index is 5.55. The van der Waals surface area contributed by atoms with Crippen LogP contribution in [-0.2, 0) is 6.54 Å². The van der Waals surface area contributed by atoms with E-state index in [1.807, 2.05) is 4.68 Å². The van der Waals surface area contributed by atoms with Crippen molar-refractivity contribution in [1.82, 2.24) is 9.78 Å². The van der Waals surface area contributed by atoms with E-state index in [1.54, 1.807) is 6.20 Å². The van der Waals surface area contributed by atoms with Gasteiger partial charge in [-0.15, -0.1) is 24.8 Å². The number of hydrogen-bond donors (Lipinski definition) is 2. The summed E-state index contributed by atoms with van der Waals surface area (Å²) in [6, 6.07) is 0. The fourth-order valence-electron chi connectivity index (χ4n) is 1.04. The van der Waals surface area contributed by atoms with Crippen molar-refractivity contribution >= 4 is 36.3 Å². The first kappa shape index (κ1) is 10.4. The first-order valence-corrected chi connectivity index (χ1v) is 2.93. The van der Waals surface area contributed by atoms with Gasteiger partial charge in [-0.2, -0.15) is 5.10 Å². The van der Waals surface area contributed by atoms with E-state index in [2.05, 4.69) is 10.4 Å². The number of hydrogen-bond acceptors (Lipinski definition) is 3. The first-order chi connectivity index (χ1) is 4.38. The zero-order valence-corrected chi connectivity index (χ0v) is 7.41. The maximum Gasteiger partial charge on any atom is 0.147 e. The van der Waals surface area contributed by atoms with Crippen LogP contribution in [0.4, 0.5) is 11.5 Å². The number of nitrogens with two attached hydrogens (primary N) is 1. The van der Waals surface area contributed by atoms with Crippen molar-refractivity contribution < 1.29 is 0 Å². The van der Waals surface area contributed by atoms with Crippen molar-refractivity contribution in [3.63, 3.8) is 0 Å². The largest absolute Gasteiger partial charge is 0.394 e. The van der Waals surface area contributed by atoms with Crippen LogP contribution < -0.4 is 11.1 Å². The third-order valence-electron chi connectivity index (χ3n) is 1.48. The van der Waals surface area contributed by atoms with Crippen LogP contribution in [0.25, 0.3) is 0 Å². The van der Waals surface area contributed by atoms with Gasteiger partial charge in [0, 0.05) is 6.54 Å². The van der Waals surface area contributed by atoms with Gasteiger partial charge >= 0.3 is 0 Å². The molecule has 11 heavy (non-hydrogen) atoms. The number of rotatable bonds is 0. The average Bonchev–Trinajstić information content (AvgIpc) is 2.35. The highest BCUT2D eigenvalue weighted by molar-refractivity contribution is 5.85. The third kappa shape index (κ3) is 1.52. The molecule has 1 aliphatic rings. The van der Waals surface area contributed by atoms with Crippen molar-refractivity contribution in [2.45, 2.75) is 6.54 Å². The van der Waals surface area contributed by atoms with E-state index in [1.165, 1.54) is 0 Å². The summed E-state index contributed by atoms with van der Waals surface area (Å²) in [4.78, 5) is 0. The number of nitrogens with zero attached hydrogens (tertiary/aromatic N) is 2. The van der Waals surface area contributed by atoms with Crippen LogP contribution in [0.5, 0.6) is 0 Å². The first-order valence-electron chi connectivity index (χ1n) is 2.93. The van der Waals surface area contributed by atoms with Gasteiger partial charge in [0.25, 0.3) is 0 Å². The second-order valence-electron chi connectivity index (χ2n) is 2.10. The van der Waals surface area contributed by atoms with Crippen LogP contribution in [0.3, 0.4) is 0 Å². The Labute approximate surface area is 77.0 Å². The van der Waals surface area contributed by atoms with Gasteiger partial charge in [-0.1, -0.05) is 0 Å². The molecule has 0 amide bonds. The lowest BCUT2D eigenvalue weighted by molar-refractivity contribution is 0.696. The summed E-state index contributed by atoms with van der Waals surface area (Å²) in [6.07, 6.45) is 1.67. The van der Waals surface area contributed by atoms with E-state index in [0.717, 1.165) is 24.6 Å². The molecule has 6 heteroatoms. The molecular weight excluding hydrogens is 187 g/mol. The van der Waals surface area contributed by atoms with Crippen LogP contribution in [0.15, 0.2) is 6.20 Å². The molecule has 0 saturated carbocycles. The van der Waals surface area contributed by atoms with Gasteiger partial charge < -0.3 is 11.1 Å². The summed E-state index contributed by atoms with van der Waals surface area (Å²) in [6.45, 7) is 1.89. The second kappa shape index (κ2) is 3.69. The predicted molar refractivity (Wildman–Crippen MR) is 49.6 cm³/mol. The molecule has 4 nitrogen and oxygen atoms in total. The van der Waals surface area contributed by atoms with Crippen LogP contribution in [0, 0.1) is 0 Å². The van der Waals surface area contributed by atoms with Crippen molar-refractivity contribution in [2.75, 3.05) is 17.6 Å². The summed E-state index contributed by atoms with van der Waals surface area (Å²) < 4.78 is 1.87. The average molecular weight is 197 g/mol. The quantitative estimate of drug-likeness (QED) is 0.644. The lowest BCUT2D eigenvalue weighted by Crippen LogP contribution is -1.95. The maximum atomic E-state index is 5.55. The van der Waals surface area contributed by atoms with Gasteiger partial charge in [0.15, 0.2) is 0 Å². The molecular formula is C5H10Cl2N4. The molecule has 0 saturated heterocycles. The van der Waals surface area contributed by atoms with E-state index in [9.17, 15) is 0 Å². The third-order valence-corrected chi connectivity index (χ3v) is 1.48. The van der Waals surface area contributed by atoms with Crippen LogP contribution in [0.2, 0.25) is 0 Å². The highest BCUT2D eigenvalue weighted by atomic mass is 35.5. The lowest BCUT2D eigenvalue weighted by Gasteiger charge is -1.91. The predicted octanol–water partition coefficient (Wildman–Crippen LogP) is 0.734. The summed E-state index contributed by atoms with van der Waals surface area (Å²) in [5, 5.41) is 7.15. The van der Waals surface area contributed by atoms with Gasteiger partial charge in [0.05, 0.1) is 18.4 Å². The van der Waals surface area contributed by atoms with Gasteiger partial charge in [0.1, 0.15) is 5.82 Å². The van der Waals surface area contributed by atoms with Crippen molar-refractivity contribution in [3.8, 4) is 0 Å².